The highest BCUT2D eigenvalue weighted by atomic mass is 16.2. The van der Waals surface area contributed by atoms with Crippen LogP contribution in [0.4, 0.5) is 0 Å². The minimum absolute atomic E-state index is 0.0666. The first kappa shape index (κ1) is 9.47. The Morgan fingerprint density at radius 2 is 1.90 bits per heavy atom. The summed E-state index contributed by atoms with van der Waals surface area (Å²) in [7, 11) is 0. The average molecular weight is 143 g/mol. The Hall–Kier alpha value is -0.530. The third-order valence-electron chi connectivity index (χ3n) is 1.45. The molecule has 2 heteroatoms. The summed E-state index contributed by atoms with van der Waals surface area (Å²) >= 11 is 0. The second-order valence-electron chi connectivity index (χ2n) is 2.93. The molecule has 0 aromatic carbocycles. The summed E-state index contributed by atoms with van der Waals surface area (Å²) in [6, 6.07) is 0. The predicted molar refractivity (Wildman–Crippen MR) is 42.8 cm³/mol. The standard InChI is InChI=1S/C6H11NO.C2H6/c1-6(2)4-3-5(8)7-6;1-2/h3-4H2,1-2H3,(H,7,8);1-2H3. The van der Waals surface area contributed by atoms with Gasteiger partial charge in [-0.25, -0.2) is 0 Å². The Morgan fingerprint density at radius 1 is 1.40 bits per heavy atom. The van der Waals surface area contributed by atoms with Crippen LogP contribution < -0.4 is 5.32 Å². The highest BCUT2D eigenvalue weighted by Crippen LogP contribution is 2.17. The second-order valence-corrected chi connectivity index (χ2v) is 2.93. The molecule has 1 saturated heterocycles. The van der Waals surface area contributed by atoms with Crippen molar-refractivity contribution in [1.82, 2.24) is 5.32 Å². The minimum Gasteiger partial charge on any atom is -0.351 e. The van der Waals surface area contributed by atoms with Crippen LogP contribution in [0.1, 0.15) is 40.5 Å². The molecular formula is C8H17NO. The number of carbonyl (C=O) groups is 1. The van der Waals surface area contributed by atoms with Crippen molar-refractivity contribution in [3.8, 4) is 0 Å². The molecule has 0 aliphatic carbocycles. The molecular weight excluding hydrogens is 126 g/mol. The molecule has 0 aromatic heterocycles. The summed E-state index contributed by atoms with van der Waals surface area (Å²) in [4.78, 5) is 10.5. The number of carbonyl (C=O) groups excluding carboxylic acids is 1. The van der Waals surface area contributed by atoms with Crippen LogP contribution in [0.3, 0.4) is 0 Å². The van der Waals surface area contributed by atoms with Gasteiger partial charge in [0.05, 0.1) is 0 Å². The van der Waals surface area contributed by atoms with E-state index in [2.05, 4.69) is 5.32 Å². The van der Waals surface area contributed by atoms with Gasteiger partial charge in [0.1, 0.15) is 0 Å². The zero-order chi connectivity index (χ0) is 8.20. The van der Waals surface area contributed by atoms with E-state index >= 15 is 0 Å². The van der Waals surface area contributed by atoms with Crippen molar-refractivity contribution in [3.63, 3.8) is 0 Å². The van der Waals surface area contributed by atoms with Crippen molar-refractivity contribution < 1.29 is 4.79 Å². The molecule has 1 fully saturated rings. The Morgan fingerprint density at radius 3 is 2.00 bits per heavy atom. The summed E-state index contributed by atoms with van der Waals surface area (Å²) < 4.78 is 0. The number of rotatable bonds is 0. The first-order valence-electron chi connectivity index (χ1n) is 3.91. The van der Waals surface area contributed by atoms with Crippen LogP contribution in [-0.4, -0.2) is 11.4 Å². The smallest absolute Gasteiger partial charge is 0.220 e. The van der Waals surface area contributed by atoms with E-state index in [1.807, 2.05) is 27.7 Å². The van der Waals surface area contributed by atoms with Crippen molar-refractivity contribution >= 4 is 5.91 Å². The molecule has 0 atom stereocenters. The Labute approximate surface area is 63.0 Å². The number of nitrogens with one attached hydrogen (secondary N) is 1. The lowest BCUT2D eigenvalue weighted by Crippen LogP contribution is -2.34. The molecule has 0 spiro atoms. The van der Waals surface area contributed by atoms with E-state index in [-0.39, 0.29) is 11.4 Å². The van der Waals surface area contributed by atoms with Crippen molar-refractivity contribution in [2.45, 2.75) is 46.1 Å². The van der Waals surface area contributed by atoms with E-state index < -0.39 is 0 Å². The van der Waals surface area contributed by atoms with Crippen LogP contribution in [0.2, 0.25) is 0 Å². The molecule has 2 nitrogen and oxygen atoms in total. The fourth-order valence-corrected chi connectivity index (χ4v) is 0.928. The van der Waals surface area contributed by atoms with E-state index in [4.69, 9.17) is 0 Å². The lowest BCUT2D eigenvalue weighted by atomic mass is 10.0. The third kappa shape index (κ3) is 2.85. The fraction of sp³-hybridized carbons (Fsp3) is 0.875. The van der Waals surface area contributed by atoms with Gasteiger partial charge in [-0.2, -0.15) is 0 Å². The maximum absolute atomic E-state index is 10.5. The van der Waals surface area contributed by atoms with Gasteiger partial charge in [-0.15, -0.1) is 0 Å². The Bertz CT molecular complexity index is 118. The minimum atomic E-state index is 0.0666. The van der Waals surface area contributed by atoms with Crippen molar-refractivity contribution in [3.05, 3.63) is 0 Å². The number of amides is 1. The van der Waals surface area contributed by atoms with Crippen molar-refractivity contribution in [2.24, 2.45) is 0 Å². The van der Waals surface area contributed by atoms with Crippen LogP contribution in [0.25, 0.3) is 0 Å². The van der Waals surface area contributed by atoms with Crippen molar-refractivity contribution in [1.29, 1.82) is 0 Å². The molecule has 60 valence electrons. The SMILES string of the molecule is CC.CC1(C)CCC(=O)N1. The van der Waals surface area contributed by atoms with Gasteiger partial charge >= 0.3 is 0 Å². The number of hydrogen-bond acceptors (Lipinski definition) is 1. The third-order valence-corrected chi connectivity index (χ3v) is 1.45. The summed E-state index contributed by atoms with van der Waals surface area (Å²) in [6.45, 7) is 8.08. The van der Waals surface area contributed by atoms with Gasteiger partial charge in [-0.3, -0.25) is 4.79 Å². The van der Waals surface area contributed by atoms with Gasteiger partial charge in [0.2, 0.25) is 5.91 Å². The fourth-order valence-electron chi connectivity index (χ4n) is 0.928. The molecule has 0 aromatic rings. The molecule has 1 heterocycles. The highest BCUT2D eigenvalue weighted by molar-refractivity contribution is 5.79. The van der Waals surface area contributed by atoms with Gasteiger partial charge in [0.25, 0.3) is 0 Å². The quantitative estimate of drug-likeness (QED) is 0.549. The largest absolute Gasteiger partial charge is 0.351 e. The van der Waals surface area contributed by atoms with E-state index in [9.17, 15) is 4.79 Å². The number of hydrogen-bond donors (Lipinski definition) is 1. The van der Waals surface area contributed by atoms with Gasteiger partial charge in [0.15, 0.2) is 0 Å². The summed E-state index contributed by atoms with van der Waals surface area (Å²) in [6.07, 6.45) is 1.68. The van der Waals surface area contributed by atoms with Crippen LogP contribution in [-0.2, 0) is 4.79 Å². The molecule has 1 N–H and O–H groups in total. The molecule has 0 saturated carbocycles. The Kier molecular flexibility index (Phi) is 3.40. The first-order chi connectivity index (χ1) is 4.60. The van der Waals surface area contributed by atoms with Crippen molar-refractivity contribution in [2.75, 3.05) is 0 Å². The Balaban J connectivity index is 0.000000371. The summed E-state index contributed by atoms with van der Waals surface area (Å²) in [5, 5.41) is 2.85. The normalized spacial score (nSPS) is 21.0. The molecule has 1 amide bonds. The first-order valence-corrected chi connectivity index (χ1v) is 3.91. The van der Waals surface area contributed by atoms with E-state index in [1.165, 1.54) is 0 Å². The average Bonchev–Trinajstić information content (AvgIpc) is 2.15. The van der Waals surface area contributed by atoms with Gasteiger partial charge in [-0.1, -0.05) is 13.8 Å². The van der Waals surface area contributed by atoms with Gasteiger partial charge < -0.3 is 5.32 Å². The van der Waals surface area contributed by atoms with Gasteiger partial charge in [-0.05, 0) is 20.3 Å². The molecule has 1 aliphatic rings. The zero-order valence-electron chi connectivity index (χ0n) is 7.32. The highest BCUT2D eigenvalue weighted by Gasteiger charge is 2.27. The van der Waals surface area contributed by atoms with Crippen LogP contribution in [0.5, 0.6) is 0 Å². The molecule has 0 unspecified atom stereocenters. The van der Waals surface area contributed by atoms with E-state index in [0.29, 0.717) is 6.42 Å². The zero-order valence-corrected chi connectivity index (χ0v) is 7.32. The monoisotopic (exact) mass is 143 g/mol. The lowest BCUT2D eigenvalue weighted by molar-refractivity contribution is -0.119. The van der Waals surface area contributed by atoms with E-state index in [0.717, 1.165) is 6.42 Å². The second kappa shape index (κ2) is 3.59. The van der Waals surface area contributed by atoms with Crippen LogP contribution in [0, 0.1) is 0 Å². The van der Waals surface area contributed by atoms with Crippen LogP contribution in [0.15, 0.2) is 0 Å². The molecule has 0 bridgehead atoms. The van der Waals surface area contributed by atoms with Crippen LogP contribution >= 0.6 is 0 Å². The maximum atomic E-state index is 10.5. The topological polar surface area (TPSA) is 29.1 Å². The molecule has 10 heavy (non-hydrogen) atoms. The molecule has 1 aliphatic heterocycles. The summed E-state index contributed by atoms with van der Waals surface area (Å²) in [5.41, 5.74) is 0.0666. The lowest BCUT2D eigenvalue weighted by Gasteiger charge is -2.15. The maximum Gasteiger partial charge on any atom is 0.220 e. The van der Waals surface area contributed by atoms with E-state index in [1.54, 1.807) is 0 Å². The predicted octanol–water partition coefficient (Wildman–Crippen LogP) is 1.70. The van der Waals surface area contributed by atoms with Gasteiger partial charge in [0, 0.05) is 12.0 Å². The summed E-state index contributed by atoms with van der Waals surface area (Å²) in [5.74, 6) is 0.190. The molecule has 1 rings (SSSR count). The molecule has 0 radical (unpaired) electrons.